The lowest BCUT2D eigenvalue weighted by atomic mass is 10.1. The first kappa shape index (κ1) is 17.2. The summed E-state index contributed by atoms with van der Waals surface area (Å²) in [6.45, 7) is 4.56. The van der Waals surface area contributed by atoms with E-state index in [1.54, 1.807) is 4.52 Å². The Bertz CT molecular complexity index is 1110. The Hall–Kier alpha value is -3.22. The van der Waals surface area contributed by atoms with Crippen LogP contribution in [0.2, 0.25) is 0 Å². The van der Waals surface area contributed by atoms with Crippen LogP contribution in [0.1, 0.15) is 28.9 Å². The van der Waals surface area contributed by atoms with Crippen LogP contribution in [0.4, 0.5) is 0 Å². The first-order chi connectivity index (χ1) is 13.1. The number of para-hydroxylation sites is 1. The van der Waals surface area contributed by atoms with Gasteiger partial charge in [-0.05, 0) is 43.9 Å². The third-order valence-corrected chi connectivity index (χ3v) is 4.98. The molecule has 0 radical (unpaired) electrons. The van der Waals surface area contributed by atoms with Crippen LogP contribution in [0.5, 0.6) is 0 Å². The van der Waals surface area contributed by atoms with Crippen molar-refractivity contribution < 1.29 is 4.79 Å². The Kier molecular flexibility index (Phi) is 4.58. The van der Waals surface area contributed by atoms with Crippen molar-refractivity contribution >= 4 is 22.6 Å². The molecular formula is C20H22N6O. The number of hydrogen-bond acceptors (Lipinski definition) is 4. The lowest BCUT2D eigenvalue weighted by Gasteiger charge is -2.10. The van der Waals surface area contributed by atoms with Crippen molar-refractivity contribution in [2.24, 2.45) is 0 Å². The summed E-state index contributed by atoms with van der Waals surface area (Å²) in [6.07, 6.45) is 5.38. The summed E-state index contributed by atoms with van der Waals surface area (Å²) >= 11 is 0. The molecule has 1 amide bonds. The van der Waals surface area contributed by atoms with Crippen molar-refractivity contribution in [3.05, 3.63) is 59.3 Å². The minimum absolute atomic E-state index is 0.0485. The van der Waals surface area contributed by atoms with E-state index in [0.29, 0.717) is 25.2 Å². The molecule has 4 rings (SSSR count). The fourth-order valence-corrected chi connectivity index (χ4v) is 3.52. The monoisotopic (exact) mass is 362 g/mol. The van der Waals surface area contributed by atoms with E-state index in [0.717, 1.165) is 28.9 Å². The standard InChI is InChI=1S/C20H22N6O/c1-13-16(14(2)26-20(25-13)23-12-24-26)7-8-19(27)21-10-9-15-11-22-18-6-4-3-5-17(15)18/h3-6,11-12,22H,7-10H2,1-2H3,(H,21,27). The second-order valence-corrected chi connectivity index (χ2v) is 6.69. The molecule has 27 heavy (non-hydrogen) atoms. The molecule has 1 aromatic carbocycles. The number of nitrogens with one attached hydrogen (secondary N) is 2. The van der Waals surface area contributed by atoms with Crippen LogP contribution in [0.15, 0.2) is 36.8 Å². The molecule has 2 N–H and O–H groups in total. The van der Waals surface area contributed by atoms with Gasteiger partial charge in [0, 0.05) is 41.5 Å². The summed E-state index contributed by atoms with van der Waals surface area (Å²) in [6, 6.07) is 8.20. The predicted octanol–water partition coefficient (Wildman–Crippen LogP) is 2.51. The number of nitrogens with zero attached hydrogens (tertiary/aromatic N) is 4. The van der Waals surface area contributed by atoms with Crippen LogP contribution in [-0.4, -0.2) is 37.0 Å². The molecule has 3 aromatic heterocycles. The Labute approximate surface area is 156 Å². The molecule has 3 heterocycles. The van der Waals surface area contributed by atoms with Crippen molar-refractivity contribution in [2.45, 2.75) is 33.1 Å². The van der Waals surface area contributed by atoms with Crippen LogP contribution in [0, 0.1) is 13.8 Å². The molecule has 0 bridgehead atoms. The highest BCUT2D eigenvalue weighted by Gasteiger charge is 2.12. The highest BCUT2D eigenvalue weighted by molar-refractivity contribution is 5.83. The summed E-state index contributed by atoms with van der Waals surface area (Å²) in [4.78, 5) is 24.1. The van der Waals surface area contributed by atoms with Crippen molar-refractivity contribution in [1.29, 1.82) is 0 Å². The van der Waals surface area contributed by atoms with Crippen LogP contribution < -0.4 is 5.32 Å². The number of aryl methyl sites for hydroxylation is 2. The third kappa shape index (κ3) is 3.40. The highest BCUT2D eigenvalue weighted by Crippen LogP contribution is 2.18. The molecule has 7 nitrogen and oxygen atoms in total. The Morgan fingerprint density at radius 2 is 2.07 bits per heavy atom. The summed E-state index contributed by atoms with van der Waals surface area (Å²) in [7, 11) is 0. The van der Waals surface area contributed by atoms with Gasteiger partial charge in [0.15, 0.2) is 0 Å². The number of aromatic amines is 1. The fraction of sp³-hybridized carbons (Fsp3) is 0.300. The molecular weight excluding hydrogens is 340 g/mol. The van der Waals surface area contributed by atoms with Gasteiger partial charge in [-0.1, -0.05) is 18.2 Å². The molecule has 0 unspecified atom stereocenters. The maximum atomic E-state index is 12.3. The number of fused-ring (bicyclic) bond motifs is 2. The van der Waals surface area contributed by atoms with Gasteiger partial charge >= 0.3 is 0 Å². The third-order valence-electron chi connectivity index (χ3n) is 4.98. The minimum atomic E-state index is 0.0485. The Morgan fingerprint density at radius 1 is 1.22 bits per heavy atom. The van der Waals surface area contributed by atoms with E-state index in [2.05, 4.69) is 37.5 Å². The summed E-state index contributed by atoms with van der Waals surface area (Å²) in [5.41, 5.74) is 5.29. The van der Waals surface area contributed by atoms with Gasteiger partial charge in [0.1, 0.15) is 6.33 Å². The first-order valence-corrected chi connectivity index (χ1v) is 9.11. The normalized spacial score (nSPS) is 11.3. The highest BCUT2D eigenvalue weighted by atomic mass is 16.1. The molecule has 7 heteroatoms. The molecule has 0 fully saturated rings. The van der Waals surface area contributed by atoms with E-state index in [1.165, 1.54) is 17.3 Å². The zero-order valence-electron chi connectivity index (χ0n) is 15.5. The zero-order valence-corrected chi connectivity index (χ0v) is 15.5. The van der Waals surface area contributed by atoms with E-state index in [-0.39, 0.29) is 5.91 Å². The smallest absolute Gasteiger partial charge is 0.252 e. The number of carbonyl (C=O) groups is 1. The van der Waals surface area contributed by atoms with E-state index in [9.17, 15) is 4.79 Å². The lowest BCUT2D eigenvalue weighted by molar-refractivity contribution is -0.121. The fourth-order valence-electron chi connectivity index (χ4n) is 3.52. The van der Waals surface area contributed by atoms with E-state index in [1.807, 2.05) is 32.2 Å². The number of benzene rings is 1. The van der Waals surface area contributed by atoms with Gasteiger partial charge < -0.3 is 10.3 Å². The quantitative estimate of drug-likeness (QED) is 0.552. The van der Waals surface area contributed by atoms with Crippen molar-refractivity contribution in [2.75, 3.05) is 6.54 Å². The second-order valence-electron chi connectivity index (χ2n) is 6.69. The number of carbonyl (C=O) groups excluding carboxylic acids is 1. The van der Waals surface area contributed by atoms with Gasteiger partial charge in [-0.25, -0.2) is 9.50 Å². The molecule has 4 aromatic rings. The summed E-state index contributed by atoms with van der Waals surface area (Å²) in [5, 5.41) is 8.42. The van der Waals surface area contributed by atoms with Gasteiger partial charge in [-0.2, -0.15) is 10.1 Å². The predicted molar refractivity (Wildman–Crippen MR) is 104 cm³/mol. The number of aromatic nitrogens is 5. The number of amides is 1. The van der Waals surface area contributed by atoms with Crippen LogP contribution in [0.3, 0.4) is 0 Å². The lowest BCUT2D eigenvalue weighted by Crippen LogP contribution is -2.26. The number of rotatable bonds is 6. The van der Waals surface area contributed by atoms with Gasteiger partial charge in [0.25, 0.3) is 5.78 Å². The molecule has 0 aliphatic heterocycles. The molecule has 0 spiro atoms. The van der Waals surface area contributed by atoms with Crippen LogP contribution in [0.25, 0.3) is 16.7 Å². The average Bonchev–Trinajstić information content (AvgIpc) is 3.29. The molecule has 0 saturated carbocycles. The average molecular weight is 362 g/mol. The van der Waals surface area contributed by atoms with Crippen molar-refractivity contribution in [1.82, 2.24) is 29.9 Å². The number of H-pyrrole nitrogens is 1. The van der Waals surface area contributed by atoms with Gasteiger partial charge in [-0.3, -0.25) is 4.79 Å². The largest absolute Gasteiger partial charge is 0.361 e. The van der Waals surface area contributed by atoms with Crippen LogP contribution in [-0.2, 0) is 17.6 Å². The van der Waals surface area contributed by atoms with Gasteiger partial charge in [-0.15, -0.1) is 0 Å². The van der Waals surface area contributed by atoms with Gasteiger partial charge in [0.05, 0.1) is 0 Å². The maximum Gasteiger partial charge on any atom is 0.252 e. The summed E-state index contributed by atoms with van der Waals surface area (Å²) in [5.74, 6) is 0.643. The minimum Gasteiger partial charge on any atom is -0.361 e. The van der Waals surface area contributed by atoms with Crippen LogP contribution >= 0.6 is 0 Å². The summed E-state index contributed by atoms with van der Waals surface area (Å²) < 4.78 is 1.72. The first-order valence-electron chi connectivity index (χ1n) is 9.11. The zero-order chi connectivity index (χ0) is 18.8. The molecule has 0 atom stereocenters. The van der Waals surface area contributed by atoms with Crippen molar-refractivity contribution in [3.63, 3.8) is 0 Å². The van der Waals surface area contributed by atoms with E-state index >= 15 is 0 Å². The molecule has 138 valence electrons. The Balaban J connectivity index is 1.34. The Morgan fingerprint density at radius 3 is 2.96 bits per heavy atom. The number of hydrogen-bond donors (Lipinski definition) is 2. The molecule has 0 aliphatic rings. The molecule has 0 aliphatic carbocycles. The van der Waals surface area contributed by atoms with E-state index in [4.69, 9.17) is 0 Å². The SMILES string of the molecule is Cc1nc2ncnn2c(C)c1CCC(=O)NCCc1c[nH]c2ccccc12. The second kappa shape index (κ2) is 7.19. The van der Waals surface area contributed by atoms with Crippen molar-refractivity contribution in [3.8, 4) is 0 Å². The van der Waals surface area contributed by atoms with Gasteiger partial charge in [0.2, 0.25) is 5.91 Å². The maximum absolute atomic E-state index is 12.3. The topological polar surface area (TPSA) is 88.0 Å². The molecule has 0 saturated heterocycles. The van der Waals surface area contributed by atoms with E-state index < -0.39 is 0 Å².